The molecule has 0 amide bonds. The van der Waals surface area contributed by atoms with Gasteiger partial charge in [0.15, 0.2) is 0 Å². The van der Waals surface area contributed by atoms with Crippen molar-refractivity contribution in [2.45, 2.75) is 27.7 Å². The summed E-state index contributed by atoms with van der Waals surface area (Å²) in [6, 6.07) is 13.2. The van der Waals surface area contributed by atoms with E-state index in [1.165, 1.54) is 0 Å². The highest BCUT2D eigenvalue weighted by Crippen LogP contribution is 2.34. The summed E-state index contributed by atoms with van der Waals surface area (Å²) in [5, 5.41) is 9.42. The zero-order valence-corrected chi connectivity index (χ0v) is 15.7. The molecule has 0 aliphatic rings. The first-order valence-corrected chi connectivity index (χ1v) is 8.76. The Kier molecular flexibility index (Phi) is 6.64. The molecule has 4 heteroatoms. The number of hydrogen-bond acceptors (Lipinski definition) is 3. The molecular weight excluding hydrogens is 324 g/mol. The van der Waals surface area contributed by atoms with Gasteiger partial charge in [-0.2, -0.15) is 5.26 Å². The Morgan fingerprint density at radius 1 is 0.923 bits per heavy atom. The highest BCUT2D eigenvalue weighted by atomic mass is 16.5. The van der Waals surface area contributed by atoms with Crippen molar-refractivity contribution in [2.24, 2.45) is 11.8 Å². The van der Waals surface area contributed by atoms with E-state index in [-0.39, 0.29) is 0 Å². The summed E-state index contributed by atoms with van der Waals surface area (Å²) in [4.78, 5) is 3.58. The SMILES string of the molecule is [C-]#[N+]c1cc(-c2ccc(OCC(C)C)c(C#N)c2)ccc1OCC(C)C. The topological polar surface area (TPSA) is 46.6 Å². The molecule has 0 radical (unpaired) electrons. The Bertz CT molecular complexity index is 771. The second-order valence-electron chi connectivity index (χ2n) is 7.03. The lowest BCUT2D eigenvalue weighted by Crippen LogP contribution is -2.05. The van der Waals surface area contributed by atoms with Gasteiger partial charge in [0, 0.05) is 0 Å². The second-order valence-corrected chi connectivity index (χ2v) is 7.03. The quantitative estimate of drug-likeness (QED) is 0.590. The molecule has 0 aromatic heterocycles. The van der Waals surface area contributed by atoms with Gasteiger partial charge in [-0.25, -0.2) is 4.85 Å². The fourth-order valence-electron chi connectivity index (χ4n) is 2.34. The molecule has 0 bridgehead atoms. The number of hydrogen-bond donors (Lipinski definition) is 0. The Hall–Kier alpha value is -2.98. The van der Waals surface area contributed by atoms with E-state index >= 15 is 0 Å². The molecule has 4 nitrogen and oxygen atoms in total. The molecule has 0 fully saturated rings. The molecule has 0 aliphatic carbocycles. The summed E-state index contributed by atoms with van der Waals surface area (Å²) in [6.45, 7) is 16.8. The third-order valence-electron chi connectivity index (χ3n) is 3.66. The summed E-state index contributed by atoms with van der Waals surface area (Å²) >= 11 is 0. The van der Waals surface area contributed by atoms with E-state index in [0.29, 0.717) is 47.8 Å². The molecule has 0 spiro atoms. The van der Waals surface area contributed by atoms with Crippen LogP contribution in [0.4, 0.5) is 5.69 Å². The average Bonchev–Trinajstić information content (AvgIpc) is 2.64. The van der Waals surface area contributed by atoms with E-state index in [1.807, 2.05) is 24.3 Å². The number of rotatable bonds is 7. The summed E-state index contributed by atoms with van der Waals surface area (Å²) in [5.41, 5.74) is 2.72. The minimum atomic E-state index is 0.390. The van der Waals surface area contributed by atoms with Crippen molar-refractivity contribution in [3.8, 4) is 28.7 Å². The van der Waals surface area contributed by atoms with Crippen LogP contribution >= 0.6 is 0 Å². The Balaban J connectivity index is 2.30. The van der Waals surface area contributed by atoms with E-state index in [2.05, 4.69) is 38.6 Å². The van der Waals surface area contributed by atoms with Crippen LogP contribution in [0.25, 0.3) is 16.0 Å². The van der Waals surface area contributed by atoms with Gasteiger partial charge in [-0.15, -0.1) is 0 Å². The van der Waals surface area contributed by atoms with Gasteiger partial charge in [0.25, 0.3) is 0 Å². The third kappa shape index (κ3) is 5.01. The van der Waals surface area contributed by atoms with Crippen molar-refractivity contribution in [3.63, 3.8) is 0 Å². The van der Waals surface area contributed by atoms with E-state index in [1.54, 1.807) is 12.1 Å². The van der Waals surface area contributed by atoms with Gasteiger partial charge in [0.1, 0.15) is 17.6 Å². The molecule has 0 heterocycles. The third-order valence-corrected chi connectivity index (χ3v) is 3.66. The Morgan fingerprint density at radius 2 is 1.46 bits per heavy atom. The molecule has 0 saturated carbocycles. The molecular formula is C22H24N2O2. The lowest BCUT2D eigenvalue weighted by atomic mass is 10.0. The molecule has 134 valence electrons. The zero-order valence-electron chi connectivity index (χ0n) is 15.7. The predicted molar refractivity (Wildman–Crippen MR) is 104 cm³/mol. The molecule has 2 rings (SSSR count). The van der Waals surface area contributed by atoms with Gasteiger partial charge in [-0.3, -0.25) is 0 Å². The number of benzene rings is 2. The van der Waals surface area contributed by atoms with E-state index in [0.717, 1.165) is 11.1 Å². The summed E-state index contributed by atoms with van der Waals surface area (Å²) in [7, 11) is 0. The van der Waals surface area contributed by atoms with Crippen LogP contribution in [0.2, 0.25) is 0 Å². The highest BCUT2D eigenvalue weighted by Gasteiger charge is 2.11. The maximum atomic E-state index is 9.42. The predicted octanol–water partition coefficient (Wildman–Crippen LogP) is 5.85. The van der Waals surface area contributed by atoms with Gasteiger partial charge in [-0.05, 0) is 47.2 Å². The van der Waals surface area contributed by atoms with Crippen molar-refractivity contribution in [1.82, 2.24) is 0 Å². The van der Waals surface area contributed by atoms with Gasteiger partial charge < -0.3 is 9.47 Å². The van der Waals surface area contributed by atoms with Crippen LogP contribution in [0.15, 0.2) is 36.4 Å². The summed E-state index contributed by atoms with van der Waals surface area (Å²) < 4.78 is 11.4. The molecule has 0 saturated heterocycles. The molecule has 0 N–H and O–H groups in total. The van der Waals surface area contributed by atoms with E-state index < -0.39 is 0 Å². The first-order chi connectivity index (χ1) is 12.4. The lowest BCUT2D eigenvalue weighted by molar-refractivity contribution is 0.270. The fraction of sp³-hybridized carbons (Fsp3) is 0.364. The smallest absolute Gasteiger partial charge is 0.228 e. The standard InChI is InChI=1S/C22H24N2O2/c1-15(2)13-25-21-8-6-17(10-19(21)12-23)18-7-9-22(20(11-18)24-5)26-14-16(3)4/h6-11,15-16H,13-14H2,1-4H3. The molecule has 0 aliphatic heterocycles. The average molecular weight is 348 g/mol. The van der Waals surface area contributed by atoms with Crippen molar-refractivity contribution in [3.05, 3.63) is 53.4 Å². The first kappa shape index (κ1) is 19.3. The zero-order chi connectivity index (χ0) is 19.1. The van der Waals surface area contributed by atoms with Gasteiger partial charge >= 0.3 is 0 Å². The maximum absolute atomic E-state index is 9.42. The van der Waals surface area contributed by atoms with Crippen LogP contribution in [0.3, 0.4) is 0 Å². The molecule has 2 aromatic carbocycles. The molecule has 0 atom stereocenters. The minimum Gasteiger partial charge on any atom is -0.504 e. The van der Waals surface area contributed by atoms with Crippen molar-refractivity contribution < 1.29 is 9.47 Å². The lowest BCUT2D eigenvalue weighted by Gasteiger charge is -2.13. The summed E-state index contributed by atoms with van der Waals surface area (Å²) in [5.74, 6) is 1.97. The van der Waals surface area contributed by atoms with Crippen LogP contribution in [0, 0.1) is 29.7 Å². The normalized spacial score (nSPS) is 10.5. The number of ether oxygens (including phenoxy) is 2. The largest absolute Gasteiger partial charge is 0.504 e. The van der Waals surface area contributed by atoms with Crippen LogP contribution < -0.4 is 9.47 Å². The number of nitriles is 1. The van der Waals surface area contributed by atoms with Crippen LogP contribution in [-0.4, -0.2) is 13.2 Å². The monoisotopic (exact) mass is 348 g/mol. The van der Waals surface area contributed by atoms with E-state index in [9.17, 15) is 5.26 Å². The molecule has 2 aromatic rings. The fourth-order valence-corrected chi connectivity index (χ4v) is 2.34. The van der Waals surface area contributed by atoms with Gasteiger partial charge in [0.2, 0.25) is 5.69 Å². The van der Waals surface area contributed by atoms with Crippen molar-refractivity contribution in [2.75, 3.05) is 13.2 Å². The van der Waals surface area contributed by atoms with Gasteiger partial charge in [0.05, 0.1) is 25.3 Å². The molecule has 0 unspecified atom stereocenters. The van der Waals surface area contributed by atoms with Crippen LogP contribution in [-0.2, 0) is 0 Å². The summed E-state index contributed by atoms with van der Waals surface area (Å²) in [6.07, 6.45) is 0. The van der Waals surface area contributed by atoms with Crippen LogP contribution in [0.5, 0.6) is 11.5 Å². The Morgan fingerprint density at radius 3 is 2.00 bits per heavy atom. The molecule has 26 heavy (non-hydrogen) atoms. The second kappa shape index (κ2) is 8.92. The maximum Gasteiger partial charge on any atom is 0.228 e. The minimum absolute atomic E-state index is 0.390. The number of nitrogens with zero attached hydrogens (tertiary/aromatic N) is 2. The van der Waals surface area contributed by atoms with Crippen molar-refractivity contribution >= 4 is 5.69 Å². The van der Waals surface area contributed by atoms with Crippen molar-refractivity contribution in [1.29, 1.82) is 5.26 Å². The first-order valence-electron chi connectivity index (χ1n) is 8.76. The van der Waals surface area contributed by atoms with Gasteiger partial charge in [-0.1, -0.05) is 39.8 Å². The van der Waals surface area contributed by atoms with E-state index in [4.69, 9.17) is 16.0 Å². The van der Waals surface area contributed by atoms with Crippen LogP contribution in [0.1, 0.15) is 33.3 Å². The Labute approximate surface area is 155 Å². The highest BCUT2D eigenvalue weighted by molar-refractivity contribution is 5.74.